The molecular formula is C71H114O12. The first-order chi connectivity index (χ1) is 40.6. The topological polar surface area (TPSA) is 175 Å². The predicted molar refractivity (Wildman–Crippen MR) is 340 cm³/mol. The molecule has 0 radical (unpaired) electrons. The molecule has 0 aromatic heterocycles. The molecule has 3 N–H and O–H groups in total. The molecule has 1 fully saturated rings. The van der Waals surface area contributed by atoms with Crippen LogP contribution >= 0.6 is 0 Å². The third kappa shape index (κ3) is 47.1. The summed E-state index contributed by atoms with van der Waals surface area (Å²) in [7, 11) is 0. The molecule has 0 spiro atoms. The first-order valence-corrected chi connectivity index (χ1v) is 32.5. The number of carbonyl (C=O) groups is 4. The lowest BCUT2D eigenvalue weighted by Crippen LogP contribution is -2.61. The fourth-order valence-electron chi connectivity index (χ4n) is 9.18. The number of aliphatic carboxylic acids is 1. The number of rotatable bonds is 54. The van der Waals surface area contributed by atoms with E-state index in [0.29, 0.717) is 19.3 Å². The van der Waals surface area contributed by atoms with Crippen LogP contribution in [0.2, 0.25) is 0 Å². The summed E-state index contributed by atoms with van der Waals surface area (Å²) >= 11 is 0. The molecule has 0 aliphatic carbocycles. The van der Waals surface area contributed by atoms with Crippen LogP contribution in [0.15, 0.2) is 122 Å². The highest BCUT2D eigenvalue weighted by Crippen LogP contribution is 2.26. The van der Waals surface area contributed by atoms with Gasteiger partial charge in [-0.25, -0.2) is 4.79 Å². The number of esters is 3. The van der Waals surface area contributed by atoms with Gasteiger partial charge in [0.15, 0.2) is 24.6 Å². The van der Waals surface area contributed by atoms with Crippen LogP contribution < -0.4 is 0 Å². The highest BCUT2D eigenvalue weighted by Gasteiger charge is 2.50. The van der Waals surface area contributed by atoms with E-state index < -0.39 is 67.3 Å². The van der Waals surface area contributed by atoms with Gasteiger partial charge in [-0.2, -0.15) is 0 Å². The van der Waals surface area contributed by atoms with Gasteiger partial charge in [0.1, 0.15) is 18.8 Å². The van der Waals surface area contributed by atoms with Gasteiger partial charge in [-0.1, -0.05) is 264 Å². The van der Waals surface area contributed by atoms with Crippen molar-refractivity contribution in [1.82, 2.24) is 0 Å². The average Bonchev–Trinajstić information content (AvgIpc) is 3.60. The molecule has 83 heavy (non-hydrogen) atoms. The maximum atomic E-state index is 13.1. The summed E-state index contributed by atoms with van der Waals surface area (Å²) < 4.78 is 28.4. The van der Waals surface area contributed by atoms with E-state index in [-0.39, 0.29) is 25.9 Å². The lowest BCUT2D eigenvalue weighted by molar-refractivity contribution is -0.301. The molecule has 6 atom stereocenters. The largest absolute Gasteiger partial charge is 0.479 e. The van der Waals surface area contributed by atoms with Crippen molar-refractivity contribution in [2.45, 2.75) is 289 Å². The lowest BCUT2D eigenvalue weighted by Gasteiger charge is -2.40. The number of carboxylic acid groups (broad SMARTS) is 1. The van der Waals surface area contributed by atoms with Gasteiger partial charge in [0.2, 0.25) is 0 Å². The van der Waals surface area contributed by atoms with Crippen molar-refractivity contribution >= 4 is 23.9 Å². The molecule has 1 heterocycles. The van der Waals surface area contributed by atoms with Crippen LogP contribution in [-0.2, 0) is 42.9 Å². The second-order valence-electron chi connectivity index (χ2n) is 21.7. The van der Waals surface area contributed by atoms with Crippen LogP contribution in [0.1, 0.15) is 252 Å². The smallest absolute Gasteiger partial charge is 0.335 e. The first kappa shape index (κ1) is 76.1. The second-order valence-corrected chi connectivity index (χ2v) is 21.7. The average molecular weight is 1160 g/mol. The Labute approximate surface area is 503 Å². The lowest BCUT2D eigenvalue weighted by atomic mass is 9.98. The summed E-state index contributed by atoms with van der Waals surface area (Å²) in [6.45, 7) is 5.69. The van der Waals surface area contributed by atoms with Gasteiger partial charge in [-0.15, -0.1) is 0 Å². The van der Waals surface area contributed by atoms with Gasteiger partial charge in [0, 0.05) is 12.8 Å². The van der Waals surface area contributed by atoms with Gasteiger partial charge < -0.3 is 39.0 Å². The first-order valence-electron chi connectivity index (χ1n) is 32.5. The molecule has 0 aromatic rings. The molecule has 0 bridgehead atoms. The van der Waals surface area contributed by atoms with E-state index in [9.17, 15) is 34.5 Å². The molecule has 6 unspecified atom stereocenters. The Morgan fingerprint density at radius 1 is 0.422 bits per heavy atom. The number of hydrogen-bond donors (Lipinski definition) is 3. The molecule has 12 nitrogen and oxygen atoms in total. The summed E-state index contributed by atoms with van der Waals surface area (Å²) in [5.41, 5.74) is 0. The minimum absolute atomic E-state index is 0.00551. The quantitative estimate of drug-likeness (QED) is 0.0228. The minimum Gasteiger partial charge on any atom is -0.479 e. The second kappa shape index (κ2) is 57.5. The predicted octanol–water partition coefficient (Wildman–Crippen LogP) is 17.6. The zero-order chi connectivity index (χ0) is 60.3. The number of carbonyl (C=O) groups excluding carboxylic acids is 3. The Hall–Kier alpha value is -4.88. The van der Waals surface area contributed by atoms with Crippen LogP contribution in [0, 0.1) is 0 Å². The van der Waals surface area contributed by atoms with E-state index in [0.717, 1.165) is 96.3 Å². The SMILES string of the molecule is CC/C=C\C/C=C\C/C=C\C/C=C\C/C=C\CCCCCC(=O)OC1C(OCC(COC(=O)CCCCCCCCCCCCCCCCCCCCC)OC(=O)C/C=C\C/C=C\C/C=C\C/C=C\C/C=C\CC)OC(C(=O)O)C(O)C1O. The molecule has 470 valence electrons. The summed E-state index contributed by atoms with van der Waals surface area (Å²) in [5.74, 6) is -3.33. The van der Waals surface area contributed by atoms with E-state index in [1.165, 1.54) is 96.3 Å². The number of unbranched alkanes of at least 4 members (excludes halogenated alkanes) is 21. The number of hydrogen-bond acceptors (Lipinski definition) is 11. The number of aliphatic hydroxyl groups is 2. The molecule has 12 heteroatoms. The molecule has 1 saturated heterocycles. The fraction of sp³-hybridized carbons (Fsp3) is 0.662. The van der Waals surface area contributed by atoms with Gasteiger partial charge in [0.25, 0.3) is 0 Å². The Kier molecular flexibility index (Phi) is 52.8. The maximum Gasteiger partial charge on any atom is 0.335 e. The van der Waals surface area contributed by atoms with Crippen molar-refractivity contribution in [1.29, 1.82) is 0 Å². The van der Waals surface area contributed by atoms with Crippen molar-refractivity contribution in [3.63, 3.8) is 0 Å². The maximum absolute atomic E-state index is 13.1. The third-order valence-electron chi connectivity index (χ3n) is 14.1. The van der Waals surface area contributed by atoms with Gasteiger partial charge in [-0.05, 0) is 89.9 Å². The monoisotopic (exact) mass is 1160 g/mol. The summed E-state index contributed by atoms with van der Waals surface area (Å²) in [6, 6.07) is 0. The van der Waals surface area contributed by atoms with E-state index in [1.807, 2.05) is 12.2 Å². The van der Waals surface area contributed by atoms with Crippen molar-refractivity contribution in [2.24, 2.45) is 0 Å². The normalized spacial score (nSPS) is 18.4. The number of carboxylic acids is 1. The summed E-state index contributed by atoms with van der Waals surface area (Å²) in [6.07, 6.45) is 67.6. The standard InChI is InChI=1S/C71H114O12/c1-4-7-10-13-16-19-22-25-28-30-32-34-37-39-42-45-48-51-54-57-63(72)79-60-62(81-64(73)58-55-52-49-46-43-40-36-27-24-21-18-15-12-9-6-3)61-80-71-69(67(76)66(75)68(83-71)70(77)78)82-65(74)59-56-53-50-47-44-41-38-35-33-31-29-26-23-20-17-14-11-8-5-2/h8-9,11-12,17-18,20-21,26-27,29,33,35-36,41,43-44,46,52,55,62,66-69,71,75-76H,4-7,10,13-16,19,22-25,28,30-32,34,37-40,42,45,47-51,53-54,56-61H2,1-3H3,(H,77,78)/b11-8-,12-9-,20-17-,21-18-,29-26-,35-33-,36-27-,44-41-,46-43-,55-52-. The number of allylic oxidation sites excluding steroid dienone is 19. The molecular weight excluding hydrogens is 1040 g/mol. The van der Waals surface area contributed by atoms with E-state index in [2.05, 4.69) is 124 Å². The molecule has 1 aliphatic heterocycles. The van der Waals surface area contributed by atoms with Crippen LogP contribution in [0.3, 0.4) is 0 Å². The van der Waals surface area contributed by atoms with Gasteiger partial charge in [0.05, 0.1) is 13.0 Å². The highest BCUT2D eigenvalue weighted by atomic mass is 16.7. The molecule has 0 saturated carbocycles. The Balaban J connectivity index is 2.71. The zero-order valence-electron chi connectivity index (χ0n) is 51.9. The van der Waals surface area contributed by atoms with Gasteiger partial charge in [-0.3, -0.25) is 14.4 Å². The highest BCUT2D eigenvalue weighted by molar-refractivity contribution is 5.74. The number of aliphatic hydroxyl groups excluding tert-OH is 2. The van der Waals surface area contributed by atoms with E-state index in [4.69, 9.17) is 23.7 Å². The van der Waals surface area contributed by atoms with E-state index in [1.54, 1.807) is 6.08 Å². The minimum atomic E-state index is -1.93. The molecule has 1 rings (SSSR count). The van der Waals surface area contributed by atoms with Crippen LogP contribution in [0.25, 0.3) is 0 Å². The van der Waals surface area contributed by atoms with Crippen LogP contribution in [-0.4, -0.2) is 89.2 Å². The Morgan fingerprint density at radius 2 is 0.795 bits per heavy atom. The van der Waals surface area contributed by atoms with E-state index >= 15 is 0 Å². The fourth-order valence-corrected chi connectivity index (χ4v) is 9.18. The third-order valence-corrected chi connectivity index (χ3v) is 14.1. The van der Waals surface area contributed by atoms with Crippen molar-refractivity contribution in [3.8, 4) is 0 Å². The van der Waals surface area contributed by atoms with Crippen molar-refractivity contribution in [2.75, 3.05) is 13.2 Å². The van der Waals surface area contributed by atoms with Crippen molar-refractivity contribution in [3.05, 3.63) is 122 Å². The summed E-state index contributed by atoms with van der Waals surface area (Å²) in [4.78, 5) is 51.3. The van der Waals surface area contributed by atoms with Crippen molar-refractivity contribution < 1.29 is 58.2 Å². The summed E-state index contributed by atoms with van der Waals surface area (Å²) in [5, 5.41) is 31.6. The molecule has 0 amide bonds. The molecule has 0 aromatic carbocycles. The van der Waals surface area contributed by atoms with Crippen LogP contribution in [0.4, 0.5) is 0 Å². The molecule has 1 aliphatic rings. The Bertz CT molecular complexity index is 1900. The van der Waals surface area contributed by atoms with Crippen LogP contribution in [0.5, 0.6) is 0 Å². The van der Waals surface area contributed by atoms with Gasteiger partial charge >= 0.3 is 23.9 Å². The zero-order valence-corrected chi connectivity index (χ0v) is 51.9. The Morgan fingerprint density at radius 3 is 1.22 bits per heavy atom. The number of ether oxygens (including phenoxy) is 5.